The van der Waals surface area contributed by atoms with Crippen LogP contribution in [-0.2, 0) is 19.6 Å². The van der Waals surface area contributed by atoms with E-state index in [0.717, 1.165) is 36.7 Å². The second-order valence-corrected chi connectivity index (χ2v) is 5.90. The third-order valence-corrected chi connectivity index (χ3v) is 4.30. The molecule has 0 saturated carbocycles. The molecule has 0 unspecified atom stereocenters. The molecule has 0 amide bonds. The van der Waals surface area contributed by atoms with Gasteiger partial charge in [0.2, 0.25) is 0 Å². The number of nitrogens with zero attached hydrogens (tertiary/aromatic N) is 3. The summed E-state index contributed by atoms with van der Waals surface area (Å²) in [6, 6.07) is 6.22. The van der Waals surface area contributed by atoms with Crippen LogP contribution in [0.2, 0.25) is 0 Å². The molecule has 21 heavy (non-hydrogen) atoms. The maximum Gasteiger partial charge on any atom is 0.102 e. The maximum atomic E-state index is 4.45. The number of aryl methyl sites for hydroxylation is 2. The van der Waals surface area contributed by atoms with Gasteiger partial charge in [0, 0.05) is 37.1 Å². The van der Waals surface area contributed by atoms with E-state index in [0.29, 0.717) is 0 Å². The van der Waals surface area contributed by atoms with E-state index in [4.69, 9.17) is 0 Å². The molecule has 2 N–H and O–H groups in total. The monoisotopic (exact) mass is 301 g/mol. The lowest BCUT2D eigenvalue weighted by molar-refractivity contribution is 0.651. The Bertz CT molecular complexity index is 696. The van der Waals surface area contributed by atoms with Crippen LogP contribution in [0.5, 0.6) is 0 Å². The van der Waals surface area contributed by atoms with Gasteiger partial charge in [0.15, 0.2) is 0 Å². The molecule has 0 aliphatic rings. The van der Waals surface area contributed by atoms with E-state index in [2.05, 4.69) is 51.2 Å². The Labute approximate surface area is 128 Å². The zero-order chi connectivity index (χ0) is 14.7. The lowest BCUT2D eigenvalue weighted by atomic mass is 10.2. The molecule has 3 aromatic rings. The third-order valence-electron chi connectivity index (χ3n) is 3.41. The Kier molecular flexibility index (Phi) is 4.17. The number of thiophene rings is 1. The Hall–Kier alpha value is -1.92. The average Bonchev–Trinajstić information content (AvgIpc) is 3.19. The number of hydrogen-bond donors (Lipinski definition) is 2. The molecule has 0 atom stereocenters. The molecule has 5 nitrogen and oxygen atoms in total. The van der Waals surface area contributed by atoms with Gasteiger partial charge >= 0.3 is 0 Å². The standard InChI is InChI=1S/C15H19N5S/c1-3-20-10-12(11(2)19-20)8-16-9-13-7-14(18-17-13)15-5-4-6-21-15/h4-7,10,16H,3,8-9H2,1-2H3,(H,17,18). The summed E-state index contributed by atoms with van der Waals surface area (Å²) >= 11 is 1.70. The molecule has 0 aliphatic heterocycles. The van der Waals surface area contributed by atoms with Crippen LogP contribution in [0.15, 0.2) is 29.8 Å². The number of nitrogens with one attached hydrogen (secondary N) is 2. The molecule has 0 aromatic carbocycles. The molecular weight excluding hydrogens is 282 g/mol. The minimum absolute atomic E-state index is 0.773. The fraction of sp³-hybridized carbons (Fsp3) is 0.333. The fourth-order valence-corrected chi connectivity index (χ4v) is 2.92. The predicted octanol–water partition coefficient (Wildman–Crippen LogP) is 2.95. The summed E-state index contributed by atoms with van der Waals surface area (Å²) in [7, 11) is 0. The first-order chi connectivity index (χ1) is 10.3. The highest BCUT2D eigenvalue weighted by Gasteiger charge is 2.06. The van der Waals surface area contributed by atoms with Gasteiger partial charge in [-0.2, -0.15) is 10.2 Å². The second kappa shape index (κ2) is 6.24. The van der Waals surface area contributed by atoms with Crippen molar-refractivity contribution in [3.63, 3.8) is 0 Å². The molecule has 3 aromatic heterocycles. The molecule has 3 heterocycles. The van der Waals surface area contributed by atoms with Crippen LogP contribution in [-0.4, -0.2) is 20.0 Å². The highest BCUT2D eigenvalue weighted by atomic mass is 32.1. The van der Waals surface area contributed by atoms with Crippen LogP contribution in [0.25, 0.3) is 10.6 Å². The topological polar surface area (TPSA) is 58.5 Å². The first kappa shape index (κ1) is 14.0. The van der Waals surface area contributed by atoms with Gasteiger partial charge in [-0.25, -0.2) is 0 Å². The van der Waals surface area contributed by atoms with Crippen molar-refractivity contribution in [2.24, 2.45) is 0 Å². The van der Waals surface area contributed by atoms with E-state index in [9.17, 15) is 0 Å². The predicted molar refractivity (Wildman–Crippen MR) is 85.1 cm³/mol. The maximum absolute atomic E-state index is 4.45. The van der Waals surface area contributed by atoms with E-state index in [1.165, 1.54) is 10.4 Å². The molecule has 0 fully saturated rings. The van der Waals surface area contributed by atoms with Gasteiger partial charge in [-0.15, -0.1) is 11.3 Å². The summed E-state index contributed by atoms with van der Waals surface area (Å²) in [5, 5.41) is 17.4. The van der Waals surface area contributed by atoms with E-state index in [1.54, 1.807) is 11.3 Å². The summed E-state index contributed by atoms with van der Waals surface area (Å²) in [6.07, 6.45) is 2.10. The molecule has 0 bridgehead atoms. The van der Waals surface area contributed by atoms with Crippen LogP contribution in [0.3, 0.4) is 0 Å². The van der Waals surface area contributed by atoms with Crippen molar-refractivity contribution in [1.82, 2.24) is 25.3 Å². The Morgan fingerprint density at radius 2 is 2.29 bits per heavy atom. The van der Waals surface area contributed by atoms with Gasteiger partial charge in [0.25, 0.3) is 0 Å². The van der Waals surface area contributed by atoms with E-state index in [-0.39, 0.29) is 0 Å². The largest absolute Gasteiger partial charge is 0.307 e. The number of H-pyrrole nitrogens is 1. The van der Waals surface area contributed by atoms with E-state index in [1.807, 2.05) is 17.7 Å². The summed E-state index contributed by atoms with van der Waals surface area (Å²) < 4.78 is 1.97. The minimum Gasteiger partial charge on any atom is -0.307 e. The van der Waals surface area contributed by atoms with Crippen molar-refractivity contribution in [1.29, 1.82) is 0 Å². The van der Waals surface area contributed by atoms with Crippen molar-refractivity contribution >= 4 is 11.3 Å². The normalized spacial score (nSPS) is 11.1. The quantitative estimate of drug-likeness (QED) is 0.736. The van der Waals surface area contributed by atoms with Crippen LogP contribution in [0, 0.1) is 6.92 Å². The zero-order valence-electron chi connectivity index (χ0n) is 12.3. The Balaban J connectivity index is 1.57. The summed E-state index contributed by atoms with van der Waals surface area (Å²) in [4.78, 5) is 1.19. The van der Waals surface area contributed by atoms with Crippen molar-refractivity contribution in [2.75, 3.05) is 0 Å². The van der Waals surface area contributed by atoms with Crippen LogP contribution in [0.1, 0.15) is 23.9 Å². The smallest absolute Gasteiger partial charge is 0.102 e. The highest BCUT2D eigenvalue weighted by molar-refractivity contribution is 7.13. The Morgan fingerprint density at radius 3 is 3.00 bits per heavy atom. The zero-order valence-corrected chi connectivity index (χ0v) is 13.1. The summed E-state index contributed by atoms with van der Waals surface area (Å²) in [5.74, 6) is 0. The SMILES string of the molecule is CCn1cc(CNCc2cc(-c3cccs3)n[nH]2)c(C)n1. The van der Waals surface area contributed by atoms with Gasteiger partial charge in [-0.3, -0.25) is 9.78 Å². The van der Waals surface area contributed by atoms with Crippen molar-refractivity contribution < 1.29 is 0 Å². The molecule has 110 valence electrons. The van der Waals surface area contributed by atoms with Gasteiger partial charge in [0.05, 0.1) is 10.6 Å². The molecule has 0 spiro atoms. The third kappa shape index (κ3) is 3.22. The van der Waals surface area contributed by atoms with Crippen molar-refractivity contribution in [3.8, 4) is 10.6 Å². The fourth-order valence-electron chi connectivity index (χ4n) is 2.23. The van der Waals surface area contributed by atoms with Gasteiger partial charge in [0.1, 0.15) is 5.69 Å². The molecule has 6 heteroatoms. The minimum atomic E-state index is 0.773. The number of aromatic amines is 1. The first-order valence-electron chi connectivity index (χ1n) is 7.08. The second-order valence-electron chi connectivity index (χ2n) is 4.95. The summed E-state index contributed by atoms with van der Waals surface area (Å²) in [5.41, 5.74) is 4.44. The Morgan fingerprint density at radius 1 is 1.38 bits per heavy atom. The number of rotatable bonds is 6. The molecule has 0 aliphatic carbocycles. The average molecular weight is 301 g/mol. The molecule has 0 radical (unpaired) electrons. The number of aromatic nitrogens is 4. The van der Waals surface area contributed by atoms with E-state index < -0.39 is 0 Å². The van der Waals surface area contributed by atoms with Gasteiger partial charge in [-0.1, -0.05) is 6.07 Å². The summed E-state index contributed by atoms with van der Waals surface area (Å²) in [6.45, 7) is 6.65. The van der Waals surface area contributed by atoms with Gasteiger partial charge in [-0.05, 0) is 31.4 Å². The van der Waals surface area contributed by atoms with Crippen LogP contribution in [0.4, 0.5) is 0 Å². The van der Waals surface area contributed by atoms with Crippen LogP contribution < -0.4 is 5.32 Å². The molecule has 0 saturated heterocycles. The van der Waals surface area contributed by atoms with Crippen LogP contribution >= 0.6 is 11.3 Å². The lowest BCUT2D eigenvalue weighted by Gasteiger charge is -2.01. The number of hydrogen-bond acceptors (Lipinski definition) is 4. The molecule has 3 rings (SSSR count). The highest BCUT2D eigenvalue weighted by Crippen LogP contribution is 2.22. The van der Waals surface area contributed by atoms with Crippen molar-refractivity contribution in [2.45, 2.75) is 33.5 Å². The van der Waals surface area contributed by atoms with Gasteiger partial charge < -0.3 is 5.32 Å². The van der Waals surface area contributed by atoms with E-state index >= 15 is 0 Å². The first-order valence-corrected chi connectivity index (χ1v) is 7.96. The lowest BCUT2D eigenvalue weighted by Crippen LogP contribution is -2.13. The van der Waals surface area contributed by atoms with Crippen molar-refractivity contribution in [3.05, 3.63) is 46.7 Å². The molecular formula is C15H19N5S.